The van der Waals surface area contributed by atoms with Crippen LogP contribution in [0, 0.1) is 5.92 Å². The van der Waals surface area contributed by atoms with Gasteiger partial charge in [0.2, 0.25) is 0 Å². The highest BCUT2D eigenvalue weighted by molar-refractivity contribution is 7.11. The van der Waals surface area contributed by atoms with Gasteiger partial charge in [-0.05, 0) is 26.2 Å². The van der Waals surface area contributed by atoms with Gasteiger partial charge in [-0.25, -0.2) is 4.98 Å². The predicted octanol–water partition coefficient (Wildman–Crippen LogP) is 3.39. The Balaban J connectivity index is 2.59. The van der Waals surface area contributed by atoms with Crippen molar-refractivity contribution in [3.8, 4) is 0 Å². The number of rotatable bonds is 4. The summed E-state index contributed by atoms with van der Waals surface area (Å²) in [5, 5.41) is 3.03. The van der Waals surface area contributed by atoms with Crippen molar-refractivity contribution in [2.24, 2.45) is 10.9 Å². The molecular formula is C11H18N2S. The molecule has 1 aromatic heterocycles. The Hall–Kier alpha value is -0.700. The Labute approximate surface area is 90.1 Å². The van der Waals surface area contributed by atoms with Crippen LogP contribution < -0.4 is 0 Å². The lowest BCUT2D eigenvalue weighted by Crippen LogP contribution is -2.07. The van der Waals surface area contributed by atoms with Crippen LogP contribution in [0.2, 0.25) is 0 Å². The third kappa shape index (κ3) is 3.58. The summed E-state index contributed by atoms with van der Waals surface area (Å²) >= 11 is 1.65. The van der Waals surface area contributed by atoms with Gasteiger partial charge in [0.1, 0.15) is 5.01 Å². The van der Waals surface area contributed by atoms with Crippen molar-refractivity contribution < 1.29 is 0 Å². The molecule has 2 nitrogen and oxygen atoms in total. The van der Waals surface area contributed by atoms with Gasteiger partial charge < -0.3 is 0 Å². The number of hydrogen-bond acceptors (Lipinski definition) is 3. The average Bonchev–Trinajstić information content (AvgIpc) is 2.53. The highest BCUT2D eigenvalue weighted by Crippen LogP contribution is 2.11. The molecule has 0 saturated carbocycles. The SMILES string of the molecule is CC(=NC(C)CC(C)C)c1nccs1. The fourth-order valence-corrected chi connectivity index (χ4v) is 2.12. The van der Waals surface area contributed by atoms with Crippen LogP contribution >= 0.6 is 11.3 Å². The van der Waals surface area contributed by atoms with E-state index in [-0.39, 0.29) is 0 Å². The van der Waals surface area contributed by atoms with Crippen molar-refractivity contribution in [3.63, 3.8) is 0 Å². The second-order valence-corrected chi connectivity index (χ2v) is 4.92. The molecule has 0 spiro atoms. The molecular weight excluding hydrogens is 192 g/mol. The quantitative estimate of drug-likeness (QED) is 0.699. The van der Waals surface area contributed by atoms with Crippen LogP contribution in [0.15, 0.2) is 16.6 Å². The molecule has 0 N–H and O–H groups in total. The second-order valence-electron chi connectivity index (χ2n) is 4.03. The van der Waals surface area contributed by atoms with Gasteiger partial charge in [-0.3, -0.25) is 4.99 Å². The van der Waals surface area contributed by atoms with Gasteiger partial charge in [-0.2, -0.15) is 0 Å². The standard InChI is InChI=1S/C11H18N2S/c1-8(2)7-9(3)13-10(4)11-12-5-6-14-11/h5-6,8-9H,7H2,1-4H3. The lowest BCUT2D eigenvalue weighted by molar-refractivity contribution is 0.522. The maximum Gasteiger partial charge on any atom is 0.136 e. The van der Waals surface area contributed by atoms with Gasteiger partial charge in [0.15, 0.2) is 0 Å². The minimum absolute atomic E-state index is 0.402. The molecule has 0 aliphatic heterocycles. The summed E-state index contributed by atoms with van der Waals surface area (Å²) in [4.78, 5) is 8.86. The lowest BCUT2D eigenvalue weighted by atomic mass is 10.1. The topological polar surface area (TPSA) is 25.2 Å². The normalized spacial score (nSPS) is 14.8. The van der Waals surface area contributed by atoms with Crippen LogP contribution in [-0.4, -0.2) is 16.7 Å². The number of aromatic nitrogens is 1. The summed E-state index contributed by atoms with van der Waals surface area (Å²) in [6, 6.07) is 0.402. The van der Waals surface area contributed by atoms with Crippen molar-refractivity contribution >= 4 is 17.0 Å². The van der Waals surface area contributed by atoms with E-state index in [1.165, 1.54) is 0 Å². The van der Waals surface area contributed by atoms with Gasteiger partial charge in [0.25, 0.3) is 0 Å². The first-order valence-corrected chi connectivity index (χ1v) is 5.91. The predicted molar refractivity (Wildman–Crippen MR) is 63.2 cm³/mol. The van der Waals surface area contributed by atoms with Gasteiger partial charge in [-0.15, -0.1) is 11.3 Å². The number of thiazole rings is 1. The number of nitrogens with zero attached hydrogens (tertiary/aromatic N) is 2. The zero-order valence-corrected chi connectivity index (χ0v) is 10.1. The summed E-state index contributed by atoms with van der Waals surface area (Å²) in [5.41, 5.74) is 1.06. The number of aliphatic imine (C=N–C) groups is 1. The fraction of sp³-hybridized carbons (Fsp3) is 0.636. The Kier molecular flexibility index (Phi) is 4.26. The zero-order valence-electron chi connectivity index (χ0n) is 9.32. The van der Waals surface area contributed by atoms with Crippen molar-refractivity contribution in [1.82, 2.24) is 4.98 Å². The Morgan fingerprint density at radius 2 is 2.21 bits per heavy atom. The Morgan fingerprint density at radius 1 is 1.50 bits per heavy atom. The van der Waals surface area contributed by atoms with Gasteiger partial charge in [0, 0.05) is 17.6 Å². The smallest absolute Gasteiger partial charge is 0.136 e. The molecule has 78 valence electrons. The molecule has 0 aliphatic carbocycles. The van der Waals surface area contributed by atoms with E-state index in [0.29, 0.717) is 12.0 Å². The van der Waals surface area contributed by atoms with Gasteiger partial charge in [-0.1, -0.05) is 13.8 Å². The summed E-state index contributed by atoms with van der Waals surface area (Å²) in [6.45, 7) is 8.66. The van der Waals surface area contributed by atoms with Crippen molar-refractivity contribution in [1.29, 1.82) is 0 Å². The molecule has 1 unspecified atom stereocenters. The van der Waals surface area contributed by atoms with Crippen molar-refractivity contribution in [3.05, 3.63) is 16.6 Å². The molecule has 14 heavy (non-hydrogen) atoms. The van der Waals surface area contributed by atoms with Crippen molar-refractivity contribution in [2.75, 3.05) is 0 Å². The second kappa shape index (κ2) is 5.25. The molecule has 1 aromatic rings. The fourth-order valence-electron chi connectivity index (χ4n) is 1.52. The first-order chi connectivity index (χ1) is 6.59. The molecule has 0 saturated heterocycles. The van der Waals surface area contributed by atoms with Crippen LogP contribution in [0.3, 0.4) is 0 Å². The molecule has 0 amide bonds. The molecule has 0 radical (unpaired) electrons. The van der Waals surface area contributed by atoms with E-state index in [4.69, 9.17) is 0 Å². The van der Waals surface area contributed by atoms with Crippen LogP contribution in [0.25, 0.3) is 0 Å². The maximum absolute atomic E-state index is 4.62. The van der Waals surface area contributed by atoms with Crippen LogP contribution in [0.5, 0.6) is 0 Å². The van der Waals surface area contributed by atoms with E-state index in [1.54, 1.807) is 11.3 Å². The Bertz CT molecular complexity index is 288. The molecule has 0 fully saturated rings. The average molecular weight is 210 g/mol. The number of hydrogen-bond donors (Lipinski definition) is 0. The Morgan fingerprint density at radius 3 is 2.71 bits per heavy atom. The molecule has 3 heteroatoms. The third-order valence-electron chi connectivity index (χ3n) is 1.97. The first-order valence-electron chi connectivity index (χ1n) is 5.04. The molecule has 1 rings (SSSR count). The third-order valence-corrected chi connectivity index (χ3v) is 2.85. The zero-order chi connectivity index (χ0) is 10.6. The lowest BCUT2D eigenvalue weighted by Gasteiger charge is -2.09. The molecule has 1 heterocycles. The summed E-state index contributed by atoms with van der Waals surface area (Å²) in [7, 11) is 0. The van der Waals surface area contributed by atoms with Gasteiger partial charge >= 0.3 is 0 Å². The van der Waals surface area contributed by atoms with Crippen LogP contribution in [0.4, 0.5) is 0 Å². The molecule has 0 aromatic carbocycles. The van der Waals surface area contributed by atoms with Crippen molar-refractivity contribution in [2.45, 2.75) is 40.2 Å². The highest BCUT2D eigenvalue weighted by Gasteiger charge is 2.05. The van der Waals surface area contributed by atoms with Crippen LogP contribution in [0.1, 0.15) is 39.1 Å². The summed E-state index contributed by atoms with van der Waals surface area (Å²) < 4.78 is 0. The molecule has 0 aliphatic rings. The largest absolute Gasteiger partial charge is 0.284 e. The summed E-state index contributed by atoms with van der Waals surface area (Å²) in [6.07, 6.45) is 2.97. The highest BCUT2D eigenvalue weighted by atomic mass is 32.1. The van der Waals surface area contributed by atoms with E-state index < -0.39 is 0 Å². The first kappa shape index (κ1) is 11.4. The van der Waals surface area contributed by atoms with Crippen LogP contribution in [-0.2, 0) is 0 Å². The van der Waals surface area contributed by atoms with E-state index in [1.807, 2.05) is 18.5 Å². The monoisotopic (exact) mass is 210 g/mol. The van der Waals surface area contributed by atoms with E-state index in [9.17, 15) is 0 Å². The van der Waals surface area contributed by atoms with Gasteiger partial charge in [0.05, 0.1) is 5.71 Å². The summed E-state index contributed by atoms with van der Waals surface area (Å²) in [5.74, 6) is 0.706. The molecule has 1 atom stereocenters. The van der Waals surface area contributed by atoms with E-state index in [2.05, 4.69) is 30.7 Å². The minimum atomic E-state index is 0.402. The molecule has 0 bridgehead atoms. The maximum atomic E-state index is 4.62. The van der Waals surface area contributed by atoms with E-state index >= 15 is 0 Å². The minimum Gasteiger partial charge on any atom is -0.284 e. The van der Waals surface area contributed by atoms with E-state index in [0.717, 1.165) is 17.1 Å².